The van der Waals surface area contributed by atoms with Crippen LogP contribution in [0.25, 0.3) is 104 Å². The van der Waals surface area contributed by atoms with Gasteiger partial charge in [-0.15, -0.1) is 0 Å². The zero-order chi connectivity index (χ0) is 46.3. The number of rotatable bonds is 7. The summed E-state index contributed by atoms with van der Waals surface area (Å²) in [5, 5.41) is 8.30. The van der Waals surface area contributed by atoms with Gasteiger partial charge in [0.15, 0.2) is 0 Å². The fourth-order valence-electron chi connectivity index (χ4n) is 9.77. The van der Waals surface area contributed by atoms with Crippen LogP contribution in [0.4, 0.5) is 17.1 Å². The Morgan fingerprint density at radius 3 is 1.77 bits per heavy atom. The number of anilines is 3. The van der Waals surface area contributed by atoms with E-state index in [0.717, 1.165) is 76.9 Å². The van der Waals surface area contributed by atoms with Crippen LogP contribution in [0.2, 0.25) is 0 Å². The molecule has 3 heteroatoms. The number of aromatic nitrogens is 1. The molecule has 65 heavy (non-hydrogen) atoms. The van der Waals surface area contributed by atoms with Crippen LogP contribution in [0.15, 0.2) is 247 Å². The molecule has 0 aliphatic heterocycles. The molecule has 2 aromatic heterocycles. The molecule has 13 aromatic rings. The van der Waals surface area contributed by atoms with Crippen LogP contribution in [-0.4, -0.2) is 4.57 Å². The Hall–Kier alpha value is -8.66. The summed E-state index contributed by atoms with van der Waals surface area (Å²) in [6.45, 7) is 0. The third-order valence-electron chi connectivity index (χ3n) is 12.8. The molecule has 0 unspecified atom stereocenters. The fourth-order valence-corrected chi connectivity index (χ4v) is 9.77. The quantitative estimate of drug-likeness (QED) is 0.160. The van der Waals surface area contributed by atoms with Gasteiger partial charge in [0.2, 0.25) is 0 Å². The van der Waals surface area contributed by atoms with E-state index in [-0.39, 0.29) is 35.4 Å². The van der Waals surface area contributed by atoms with Crippen molar-refractivity contribution in [3.8, 4) is 39.1 Å². The van der Waals surface area contributed by atoms with Gasteiger partial charge in [-0.3, -0.25) is 0 Å². The van der Waals surface area contributed by atoms with Crippen LogP contribution >= 0.6 is 0 Å². The molecule has 0 atom stereocenters. The van der Waals surface area contributed by atoms with Gasteiger partial charge in [0, 0.05) is 38.5 Å². The Morgan fingerprint density at radius 2 is 0.985 bits per heavy atom. The molecule has 0 spiro atoms. The Balaban J connectivity index is 1.00. The lowest BCUT2D eigenvalue weighted by Gasteiger charge is -2.27. The number of nitrogens with zero attached hydrogens (tertiary/aromatic N) is 2. The minimum absolute atomic E-state index is 0.136. The maximum Gasteiger partial charge on any atom is 0.143 e. The standard InChI is InChI=1S/C62H40N2O/c1-2-15-45-40-48(28-27-41(45)13-1)47-17-11-16-46(39-47)42-29-34-49(35-30-42)63(59-25-12-26-60-61(59)55-38-33-43-14-3-4-19-52(43)62(55)65-60)50-36-31-44(32-37-50)51-18-5-8-22-56(51)64-57-23-9-6-20-53(57)54-21-7-10-24-58(54)64/h1-40H/i31D,32D,36D,37D. The molecular formula is C62H40N2O. The van der Waals surface area contributed by atoms with Crippen LogP contribution in [0, 0.1) is 0 Å². The summed E-state index contributed by atoms with van der Waals surface area (Å²) in [6, 6.07) is 73.4. The van der Waals surface area contributed by atoms with Crippen molar-refractivity contribution in [2.45, 2.75) is 0 Å². The lowest BCUT2D eigenvalue weighted by molar-refractivity contribution is 0.672. The van der Waals surface area contributed by atoms with Crippen molar-refractivity contribution in [3.05, 3.63) is 243 Å². The second-order valence-corrected chi connectivity index (χ2v) is 16.6. The summed E-state index contributed by atoms with van der Waals surface area (Å²) >= 11 is 0. The van der Waals surface area contributed by atoms with Crippen LogP contribution in [0.1, 0.15) is 5.48 Å². The van der Waals surface area contributed by atoms with Gasteiger partial charge in [0.25, 0.3) is 0 Å². The SMILES string of the molecule is [2H]c1c([2H])c(N(c2ccc(-c3cccc(-c4ccc5ccccc5c4)c3)cc2)c2cccc3oc4c5ccccc5ccc4c23)c([2H])c([2H])c1-c1ccccc1-n1c2ccccc2c2ccccc21. The largest absolute Gasteiger partial charge is 0.455 e. The first-order chi connectivity index (χ1) is 33.9. The second-order valence-electron chi connectivity index (χ2n) is 16.6. The Kier molecular flexibility index (Phi) is 7.61. The minimum atomic E-state index is -0.162. The van der Waals surface area contributed by atoms with E-state index in [1.807, 2.05) is 95.9 Å². The molecule has 0 fully saturated rings. The van der Waals surface area contributed by atoms with E-state index < -0.39 is 0 Å². The first kappa shape index (κ1) is 33.0. The Bertz CT molecular complexity index is 4130. The van der Waals surface area contributed by atoms with Gasteiger partial charge in [0.05, 0.1) is 33.3 Å². The van der Waals surface area contributed by atoms with Crippen molar-refractivity contribution in [1.29, 1.82) is 0 Å². The summed E-state index contributed by atoms with van der Waals surface area (Å²) in [5.41, 5.74) is 10.7. The van der Waals surface area contributed by atoms with E-state index in [9.17, 15) is 5.48 Å². The summed E-state index contributed by atoms with van der Waals surface area (Å²) in [6.07, 6.45) is 0. The van der Waals surface area contributed by atoms with Crippen LogP contribution in [-0.2, 0) is 0 Å². The molecule has 0 N–H and O–H groups in total. The maximum atomic E-state index is 9.97. The molecule has 304 valence electrons. The fraction of sp³-hybridized carbons (Fsp3) is 0. The van der Waals surface area contributed by atoms with Crippen molar-refractivity contribution in [1.82, 2.24) is 4.57 Å². The third-order valence-corrected chi connectivity index (χ3v) is 12.8. The molecule has 0 saturated heterocycles. The highest BCUT2D eigenvalue weighted by molar-refractivity contribution is 6.19. The number of hydrogen-bond acceptors (Lipinski definition) is 2. The molecule has 0 bridgehead atoms. The normalized spacial score (nSPS) is 12.6. The van der Waals surface area contributed by atoms with Gasteiger partial charge in [-0.1, -0.05) is 170 Å². The van der Waals surface area contributed by atoms with E-state index in [4.69, 9.17) is 4.42 Å². The van der Waals surface area contributed by atoms with Gasteiger partial charge in [0.1, 0.15) is 11.2 Å². The smallest absolute Gasteiger partial charge is 0.143 e. The monoisotopic (exact) mass is 832 g/mol. The number of para-hydroxylation sites is 3. The molecule has 11 aromatic carbocycles. The van der Waals surface area contributed by atoms with E-state index in [1.54, 1.807) is 0 Å². The molecule has 3 nitrogen and oxygen atoms in total. The molecule has 0 saturated carbocycles. The van der Waals surface area contributed by atoms with Crippen LogP contribution in [0.5, 0.6) is 0 Å². The maximum absolute atomic E-state index is 9.97. The van der Waals surface area contributed by atoms with Gasteiger partial charge in [-0.25, -0.2) is 0 Å². The molecule has 0 aliphatic rings. The number of hydrogen-bond donors (Lipinski definition) is 0. The number of benzene rings is 11. The Morgan fingerprint density at radius 1 is 0.385 bits per heavy atom. The van der Waals surface area contributed by atoms with E-state index >= 15 is 0 Å². The zero-order valence-corrected chi connectivity index (χ0v) is 35.1. The molecule has 13 rings (SSSR count). The summed E-state index contributed by atoms with van der Waals surface area (Å²) in [7, 11) is 0. The number of furan rings is 1. The highest BCUT2D eigenvalue weighted by Crippen LogP contribution is 2.45. The minimum Gasteiger partial charge on any atom is -0.455 e. The van der Waals surface area contributed by atoms with Crippen LogP contribution in [0.3, 0.4) is 0 Å². The number of fused-ring (bicyclic) bond motifs is 9. The molecule has 2 heterocycles. The highest BCUT2D eigenvalue weighted by atomic mass is 16.3. The van der Waals surface area contributed by atoms with Gasteiger partial charge < -0.3 is 13.9 Å². The topological polar surface area (TPSA) is 21.3 Å². The first-order valence-corrected chi connectivity index (χ1v) is 21.9. The van der Waals surface area contributed by atoms with E-state index in [1.165, 1.54) is 10.8 Å². The molecular weight excluding hydrogens is 789 g/mol. The lowest BCUT2D eigenvalue weighted by atomic mass is 9.97. The van der Waals surface area contributed by atoms with Crippen molar-refractivity contribution in [2.75, 3.05) is 4.90 Å². The van der Waals surface area contributed by atoms with Gasteiger partial charge in [-0.05, 0) is 117 Å². The van der Waals surface area contributed by atoms with Crippen LogP contribution < -0.4 is 4.90 Å². The van der Waals surface area contributed by atoms with Gasteiger partial charge >= 0.3 is 0 Å². The van der Waals surface area contributed by atoms with Gasteiger partial charge in [-0.2, -0.15) is 0 Å². The second kappa shape index (κ2) is 15.0. The predicted octanol–water partition coefficient (Wildman–Crippen LogP) is 17.5. The molecule has 0 amide bonds. The average molecular weight is 833 g/mol. The van der Waals surface area contributed by atoms with Crippen molar-refractivity contribution >= 4 is 82.4 Å². The summed E-state index contributed by atoms with van der Waals surface area (Å²) < 4.78 is 48.5. The molecule has 0 radical (unpaired) electrons. The highest BCUT2D eigenvalue weighted by Gasteiger charge is 2.22. The third kappa shape index (κ3) is 6.12. The van der Waals surface area contributed by atoms with Crippen molar-refractivity contribution in [3.63, 3.8) is 0 Å². The van der Waals surface area contributed by atoms with Crippen molar-refractivity contribution < 1.29 is 9.90 Å². The van der Waals surface area contributed by atoms with Crippen molar-refractivity contribution in [2.24, 2.45) is 0 Å². The van der Waals surface area contributed by atoms with E-state index in [2.05, 4.69) is 132 Å². The van der Waals surface area contributed by atoms with E-state index in [0.29, 0.717) is 22.5 Å². The lowest BCUT2D eigenvalue weighted by Crippen LogP contribution is -2.10. The zero-order valence-electron chi connectivity index (χ0n) is 39.1. The summed E-state index contributed by atoms with van der Waals surface area (Å²) in [5.74, 6) is 0. The predicted molar refractivity (Wildman–Crippen MR) is 274 cm³/mol. The first-order valence-electron chi connectivity index (χ1n) is 23.9. The Labute approximate surface area is 381 Å². The molecule has 0 aliphatic carbocycles. The summed E-state index contributed by atoms with van der Waals surface area (Å²) in [4.78, 5) is 1.88. The average Bonchev–Trinajstić information content (AvgIpc) is 3.96.